The molecular weight excluding hydrogens is 416 g/mol. The van der Waals surface area contributed by atoms with Crippen LogP contribution in [-0.2, 0) is 18.2 Å². The fourth-order valence-corrected chi connectivity index (χ4v) is 3.05. The number of hydrogen-bond acceptors (Lipinski definition) is 2. The van der Waals surface area contributed by atoms with Gasteiger partial charge >= 0.3 is 90.7 Å². The van der Waals surface area contributed by atoms with Crippen molar-refractivity contribution < 1.29 is 18.2 Å². The molecule has 0 aliphatic carbocycles. The third-order valence-electron chi connectivity index (χ3n) is 4.09. The Balaban J connectivity index is -0.000000350. The standard InChI is InChI=1S/2C6H14N.2C5H11N.Mo/c2*1-3-5-6-7-4-2;2*1-4-5(2,3)6;/h2*3-6H2,1-2H3;2*4H2,1-3H3;/q2*-1;;;+2. The van der Waals surface area contributed by atoms with Crippen LogP contribution in [0.5, 0.6) is 0 Å². The molecule has 0 spiro atoms. The molecule has 0 aromatic rings. The van der Waals surface area contributed by atoms with Crippen molar-refractivity contribution in [3.63, 3.8) is 0 Å². The molecule has 0 fully saturated rings. The monoisotopic (exact) mass is 468 g/mol. The Morgan fingerprint density at radius 2 is 0.963 bits per heavy atom. The van der Waals surface area contributed by atoms with Gasteiger partial charge in [0.25, 0.3) is 0 Å². The molecule has 0 rings (SSSR count). The van der Waals surface area contributed by atoms with Crippen molar-refractivity contribution in [1.82, 2.24) is 0 Å². The zero-order valence-corrected chi connectivity index (χ0v) is 22.3. The van der Waals surface area contributed by atoms with Crippen LogP contribution in [0.25, 0.3) is 10.6 Å². The van der Waals surface area contributed by atoms with Crippen molar-refractivity contribution in [2.75, 3.05) is 26.2 Å². The van der Waals surface area contributed by atoms with Gasteiger partial charge in [-0.05, 0) is 0 Å². The molecule has 0 aromatic carbocycles. The van der Waals surface area contributed by atoms with Crippen LogP contribution in [0.2, 0.25) is 0 Å². The average molecular weight is 467 g/mol. The maximum absolute atomic E-state index is 4.67. The molecule has 0 atom stereocenters. The van der Waals surface area contributed by atoms with E-state index >= 15 is 0 Å². The first-order chi connectivity index (χ1) is 12.7. The summed E-state index contributed by atoms with van der Waals surface area (Å²) in [7, 11) is 0. The van der Waals surface area contributed by atoms with Gasteiger partial charge in [0, 0.05) is 0 Å². The van der Waals surface area contributed by atoms with Crippen LogP contribution in [0.4, 0.5) is 0 Å². The smallest absolute Gasteiger partial charge is 0.0578 e. The molecule has 164 valence electrons. The summed E-state index contributed by atoms with van der Waals surface area (Å²) >= 11 is -0.492. The van der Waals surface area contributed by atoms with Gasteiger partial charge < -0.3 is 10.6 Å². The van der Waals surface area contributed by atoms with E-state index in [-0.39, 0.29) is 11.1 Å². The van der Waals surface area contributed by atoms with Gasteiger partial charge in [-0.1, -0.05) is 53.4 Å². The van der Waals surface area contributed by atoms with Crippen LogP contribution in [0.1, 0.15) is 108 Å². The summed E-state index contributed by atoms with van der Waals surface area (Å²) in [5, 5.41) is 8.32. The summed E-state index contributed by atoms with van der Waals surface area (Å²) in [5.41, 5.74) is 0.297. The molecule has 0 bridgehead atoms. The molecule has 0 saturated carbocycles. The van der Waals surface area contributed by atoms with Crippen molar-refractivity contribution in [3.05, 3.63) is 10.6 Å². The van der Waals surface area contributed by atoms with Gasteiger partial charge in [0.05, 0.1) is 0 Å². The van der Waals surface area contributed by atoms with E-state index in [2.05, 4.69) is 86.9 Å². The van der Waals surface area contributed by atoms with Crippen molar-refractivity contribution >= 4 is 0 Å². The van der Waals surface area contributed by atoms with Crippen molar-refractivity contribution in [3.8, 4) is 0 Å². The number of hydrogen-bond donors (Lipinski definition) is 0. The van der Waals surface area contributed by atoms with Crippen molar-refractivity contribution in [2.45, 2.75) is 119 Å². The SMILES string of the molecule is CCC(C)(C)[N]=[Mo+2]=[N]C(C)(C)CC.CCCC[N-]CC.CCCC[N-]CC. The van der Waals surface area contributed by atoms with E-state index in [0.29, 0.717) is 0 Å². The van der Waals surface area contributed by atoms with Crippen LogP contribution in [-0.4, -0.2) is 37.3 Å². The first-order valence-corrected chi connectivity index (χ1v) is 12.8. The maximum atomic E-state index is 4.67. The van der Waals surface area contributed by atoms with Crippen LogP contribution in [0.3, 0.4) is 0 Å². The summed E-state index contributed by atoms with van der Waals surface area (Å²) in [6.45, 7) is 25.7. The van der Waals surface area contributed by atoms with E-state index in [1.807, 2.05) is 0 Å². The van der Waals surface area contributed by atoms with E-state index in [1.165, 1.54) is 25.7 Å². The number of nitrogens with zero attached hydrogens (tertiary/aromatic N) is 4. The first kappa shape index (κ1) is 31.9. The average Bonchev–Trinajstić information content (AvgIpc) is 2.63. The molecule has 0 amide bonds. The summed E-state index contributed by atoms with van der Waals surface area (Å²) < 4.78 is 9.34. The van der Waals surface area contributed by atoms with E-state index in [0.717, 1.165) is 39.0 Å². The Bertz CT molecular complexity index is 310. The topological polar surface area (TPSA) is 52.9 Å². The molecular formula is C22H50MoN4. The second kappa shape index (κ2) is 22.5. The minimum atomic E-state index is -0.492. The predicted molar refractivity (Wildman–Crippen MR) is 121 cm³/mol. The maximum Gasteiger partial charge on any atom is -0.0578 e. The zero-order chi connectivity index (χ0) is 21.6. The Morgan fingerprint density at radius 3 is 1.19 bits per heavy atom. The Kier molecular flexibility index (Phi) is 26.6. The van der Waals surface area contributed by atoms with Crippen LogP contribution in [0.15, 0.2) is 6.99 Å². The summed E-state index contributed by atoms with van der Waals surface area (Å²) in [6, 6.07) is 0. The predicted octanol–water partition coefficient (Wildman–Crippen LogP) is 8.17. The fraction of sp³-hybridized carbons (Fsp3) is 1.00. The largest absolute Gasteiger partial charge is 0.662 e. The Labute approximate surface area is 180 Å². The Morgan fingerprint density at radius 1 is 0.630 bits per heavy atom. The van der Waals surface area contributed by atoms with Gasteiger partial charge in [0.15, 0.2) is 0 Å². The van der Waals surface area contributed by atoms with E-state index in [9.17, 15) is 0 Å². The van der Waals surface area contributed by atoms with Gasteiger partial charge in [0.1, 0.15) is 0 Å². The third kappa shape index (κ3) is 31.1. The van der Waals surface area contributed by atoms with Crippen LogP contribution >= 0.6 is 0 Å². The molecule has 0 aliphatic rings. The molecule has 0 unspecified atom stereocenters. The van der Waals surface area contributed by atoms with E-state index in [4.69, 9.17) is 0 Å². The molecule has 5 heteroatoms. The molecule has 0 saturated heterocycles. The quantitative estimate of drug-likeness (QED) is 0.206. The molecule has 0 radical (unpaired) electrons. The minimum absolute atomic E-state index is 0.148. The summed E-state index contributed by atoms with van der Waals surface area (Å²) in [4.78, 5) is 0. The molecule has 0 aliphatic heterocycles. The van der Waals surface area contributed by atoms with Crippen LogP contribution < -0.4 is 0 Å². The normalized spacial score (nSPS) is 10.7. The van der Waals surface area contributed by atoms with Crippen molar-refractivity contribution in [2.24, 2.45) is 6.99 Å². The van der Waals surface area contributed by atoms with E-state index < -0.39 is 18.2 Å². The second-order valence-electron chi connectivity index (χ2n) is 7.83. The molecule has 0 N–H and O–H groups in total. The zero-order valence-electron chi connectivity index (χ0n) is 20.3. The van der Waals surface area contributed by atoms with Gasteiger partial charge in [0.2, 0.25) is 0 Å². The summed E-state index contributed by atoms with van der Waals surface area (Å²) in [6.07, 6.45) is 7.27. The molecule has 0 aromatic heterocycles. The first-order valence-electron chi connectivity index (χ1n) is 11.0. The van der Waals surface area contributed by atoms with Gasteiger partial charge in [-0.15, -0.1) is 13.1 Å². The third-order valence-corrected chi connectivity index (χ3v) is 6.92. The number of rotatable bonds is 12. The fourth-order valence-electron chi connectivity index (χ4n) is 1.23. The molecule has 4 nitrogen and oxygen atoms in total. The van der Waals surface area contributed by atoms with Crippen molar-refractivity contribution in [1.29, 1.82) is 0 Å². The molecule has 0 heterocycles. The second-order valence-corrected chi connectivity index (χ2v) is 9.13. The van der Waals surface area contributed by atoms with Crippen LogP contribution in [0, 0.1) is 0 Å². The van der Waals surface area contributed by atoms with Gasteiger partial charge in [-0.25, -0.2) is 0 Å². The molecule has 27 heavy (non-hydrogen) atoms. The summed E-state index contributed by atoms with van der Waals surface area (Å²) in [5.74, 6) is 0. The van der Waals surface area contributed by atoms with Gasteiger partial charge in [-0.2, -0.15) is 13.1 Å². The van der Waals surface area contributed by atoms with E-state index in [1.54, 1.807) is 0 Å². The Hall–Kier alpha value is 0.208. The number of unbranched alkanes of at least 4 members (excludes halogenated alkanes) is 2. The minimum Gasteiger partial charge on any atom is -0.662 e. The van der Waals surface area contributed by atoms with Gasteiger partial charge in [-0.3, -0.25) is 0 Å².